The van der Waals surface area contributed by atoms with Crippen molar-refractivity contribution in [3.8, 4) is 11.8 Å². The highest BCUT2D eigenvalue weighted by atomic mass is 19.4. The summed E-state index contributed by atoms with van der Waals surface area (Å²) in [6.07, 6.45) is -3.15. The Bertz CT molecular complexity index is 1070. The first-order valence-corrected chi connectivity index (χ1v) is 7.31. The number of alkyl halides is 3. The molecule has 0 aliphatic rings. The second kappa shape index (κ2) is 5.98. The Balaban J connectivity index is 2.35. The number of rotatable bonds is 3. The van der Waals surface area contributed by atoms with Gasteiger partial charge >= 0.3 is 11.9 Å². The summed E-state index contributed by atoms with van der Waals surface area (Å²) in [5, 5.41) is 8.91. The van der Waals surface area contributed by atoms with Crippen LogP contribution in [0.3, 0.4) is 0 Å². The van der Waals surface area contributed by atoms with Crippen LogP contribution in [0.15, 0.2) is 59.9 Å². The molecule has 0 aliphatic carbocycles. The lowest BCUT2D eigenvalue weighted by molar-refractivity contribution is -0.137. The Morgan fingerprint density at radius 2 is 1.84 bits per heavy atom. The number of allylic oxidation sites excluding steroid dienone is 1. The third kappa shape index (κ3) is 2.72. The zero-order valence-corrected chi connectivity index (χ0v) is 12.9. The third-order valence-electron chi connectivity index (χ3n) is 3.83. The van der Waals surface area contributed by atoms with Crippen LogP contribution in [0, 0.1) is 11.3 Å². The van der Waals surface area contributed by atoms with Crippen LogP contribution in [0.5, 0.6) is 0 Å². The minimum atomic E-state index is -4.69. The molecule has 0 atom stereocenters. The van der Waals surface area contributed by atoms with E-state index in [-0.39, 0.29) is 12.2 Å². The molecule has 3 aromatic rings. The summed E-state index contributed by atoms with van der Waals surface area (Å²) < 4.78 is 42.3. The van der Waals surface area contributed by atoms with Gasteiger partial charge < -0.3 is 0 Å². The van der Waals surface area contributed by atoms with Crippen molar-refractivity contribution in [1.82, 2.24) is 9.13 Å². The summed E-state index contributed by atoms with van der Waals surface area (Å²) in [7, 11) is 0. The number of nitriles is 1. The Morgan fingerprint density at radius 3 is 2.44 bits per heavy atom. The first kappa shape index (κ1) is 16.6. The predicted octanol–water partition coefficient (Wildman–Crippen LogP) is 3.87. The number of hydrogen-bond acceptors (Lipinski definition) is 2. The molecular weight excluding hydrogens is 331 g/mol. The van der Waals surface area contributed by atoms with E-state index in [9.17, 15) is 18.0 Å². The van der Waals surface area contributed by atoms with Gasteiger partial charge in [0.1, 0.15) is 0 Å². The van der Waals surface area contributed by atoms with Crippen molar-refractivity contribution in [2.45, 2.75) is 12.7 Å². The first-order valence-electron chi connectivity index (χ1n) is 7.31. The van der Waals surface area contributed by atoms with Gasteiger partial charge in [-0.25, -0.2) is 4.79 Å². The zero-order valence-electron chi connectivity index (χ0n) is 12.9. The second-order valence-corrected chi connectivity index (χ2v) is 5.35. The van der Waals surface area contributed by atoms with E-state index in [4.69, 9.17) is 5.26 Å². The van der Waals surface area contributed by atoms with E-state index in [1.165, 1.54) is 27.3 Å². The lowest BCUT2D eigenvalue weighted by Gasteiger charge is -2.11. The number of fused-ring (bicyclic) bond motifs is 1. The highest BCUT2D eigenvalue weighted by molar-refractivity contribution is 5.78. The summed E-state index contributed by atoms with van der Waals surface area (Å²) in [6, 6.07) is 11.6. The fourth-order valence-corrected chi connectivity index (χ4v) is 2.77. The zero-order chi connectivity index (χ0) is 18.2. The van der Waals surface area contributed by atoms with E-state index in [1.807, 2.05) is 0 Å². The fraction of sp³-hybridized carbons (Fsp3) is 0.111. The molecule has 0 radical (unpaired) electrons. The number of nitrogens with zero attached hydrogens (tertiary/aromatic N) is 3. The summed E-state index contributed by atoms with van der Waals surface area (Å²) in [5.74, 6) is 0. The number of aromatic nitrogens is 2. The van der Waals surface area contributed by atoms with Crippen molar-refractivity contribution in [3.05, 3.63) is 76.7 Å². The molecule has 1 aromatic heterocycles. The predicted molar refractivity (Wildman–Crippen MR) is 87.4 cm³/mol. The average Bonchev–Trinajstić information content (AvgIpc) is 2.86. The molecule has 0 amide bonds. The van der Waals surface area contributed by atoms with Gasteiger partial charge in [-0.3, -0.25) is 9.13 Å². The van der Waals surface area contributed by atoms with E-state index in [0.717, 1.165) is 12.1 Å². The molecule has 0 saturated carbocycles. The fourth-order valence-electron chi connectivity index (χ4n) is 2.77. The van der Waals surface area contributed by atoms with Crippen molar-refractivity contribution >= 4 is 11.0 Å². The van der Waals surface area contributed by atoms with Crippen molar-refractivity contribution < 1.29 is 13.2 Å². The summed E-state index contributed by atoms with van der Waals surface area (Å²) in [6.45, 7) is 3.83. The third-order valence-corrected chi connectivity index (χ3v) is 3.83. The topological polar surface area (TPSA) is 50.7 Å². The Hall–Kier alpha value is -3.27. The molecule has 0 spiro atoms. The molecule has 3 rings (SSSR count). The van der Waals surface area contributed by atoms with Gasteiger partial charge in [-0.1, -0.05) is 18.2 Å². The number of benzene rings is 2. The van der Waals surface area contributed by atoms with Crippen LogP contribution < -0.4 is 5.69 Å². The van der Waals surface area contributed by atoms with Crippen LogP contribution in [0.1, 0.15) is 11.1 Å². The number of para-hydroxylation sites is 2. The molecule has 1 heterocycles. The van der Waals surface area contributed by atoms with Gasteiger partial charge in [-0.05, 0) is 30.3 Å². The highest BCUT2D eigenvalue weighted by Gasteiger charge is 2.34. The van der Waals surface area contributed by atoms with Gasteiger partial charge in [-0.2, -0.15) is 18.4 Å². The minimum Gasteiger partial charge on any atom is -0.288 e. The summed E-state index contributed by atoms with van der Waals surface area (Å²) in [4.78, 5) is 12.7. The largest absolute Gasteiger partial charge is 0.417 e. The monoisotopic (exact) mass is 343 g/mol. The van der Waals surface area contributed by atoms with Crippen molar-refractivity contribution in [2.24, 2.45) is 0 Å². The summed E-state index contributed by atoms with van der Waals surface area (Å²) >= 11 is 0. The molecule has 0 aliphatic heterocycles. The number of hydrogen-bond donors (Lipinski definition) is 0. The molecule has 7 heteroatoms. The second-order valence-electron chi connectivity index (χ2n) is 5.35. The molecule has 0 N–H and O–H groups in total. The van der Waals surface area contributed by atoms with Gasteiger partial charge in [0.05, 0.1) is 33.9 Å². The maximum absolute atomic E-state index is 13.2. The number of imidazole rings is 1. The lowest BCUT2D eigenvalue weighted by Crippen LogP contribution is -2.23. The first-order chi connectivity index (χ1) is 11.9. The molecule has 4 nitrogen and oxygen atoms in total. The molecule has 2 aromatic carbocycles. The van der Waals surface area contributed by atoms with E-state index in [1.54, 1.807) is 24.3 Å². The van der Waals surface area contributed by atoms with Gasteiger partial charge in [-0.15, -0.1) is 6.58 Å². The van der Waals surface area contributed by atoms with Crippen LogP contribution in [0.4, 0.5) is 13.2 Å². The molecule has 25 heavy (non-hydrogen) atoms. The normalized spacial score (nSPS) is 11.4. The van der Waals surface area contributed by atoms with Crippen LogP contribution in [0.2, 0.25) is 0 Å². The molecule has 126 valence electrons. The Labute approximate surface area is 140 Å². The molecule has 0 unspecified atom stereocenters. The summed E-state index contributed by atoms with van der Waals surface area (Å²) in [5.41, 5.74) is -0.911. The van der Waals surface area contributed by atoms with Gasteiger partial charge in [0.2, 0.25) is 0 Å². The van der Waals surface area contributed by atoms with Crippen LogP contribution in [-0.4, -0.2) is 9.13 Å². The van der Waals surface area contributed by atoms with E-state index in [2.05, 4.69) is 6.58 Å². The maximum Gasteiger partial charge on any atom is 0.417 e. The SMILES string of the molecule is C=CCn1c(=O)n(-c2ccc(C#N)c(C(F)(F)F)c2)c2ccccc21. The van der Waals surface area contributed by atoms with Crippen molar-refractivity contribution in [3.63, 3.8) is 0 Å². The van der Waals surface area contributed by atoms with Crippen molar-refractivity contribution in [1.29, 1.82) is 5.26 Å². The van der Waals surface area contributed by atoms with E-state index in [0.29, 0.717) is 11.0 Å². The van der Waals surface area contributed by atoms with Crippen molar-refractivity contribution in [2.75, 3.05) is 0 Å². The Kier molecular flexibility index (Phi) is 3.97. The minimum absolute atomic E-state index is 0.0512. The van der Waals surface area contributed by atoms with Crippen LogP contribution >= 0.6 is 0 Å². The number of halogens is 3. The molecule has 0 fully saturated rings. The smallest absolute Gasteiger partial charge is 0.288 e. The van der Waals surface area contributed by atoms with E-state index >= 15 is 0 Å². The molecule has 0 saturated heterocycles. The van der Waals surface area contributed by atoms with Crippen LogP contribution in [0.25, 0.3) is 16.7 Å². The Morgan fingerprint density at radius 1 is 1.16 bits per heavy atom. The molecule has 0 bridgehead atoms. The van der Waals surface area contributed by atoms with Gasteiger partial charge in [0.25, 0.3) is 0 Å². The average molecular weight is 343 g/mol. The maximum atomic E-state index is 13.2. The van der Waals surface area contributed by atoms with E-state index < -0.39 is 23.0 Å². The standard InChI is InChI=1S/C18H12F3N3O/c1-2-9-23-15-5-3-4-6-16(15)24(17(23)25)13-8-7-12(11-22)14(10-13)18(19,20)21/h2-8,10H,1,9H2. The highest BCUT2D eigenvalue weighted by Crippen LogP contribution is 2.33. The lowest BCUT2D eigenvalue weighted by atomic mass is 10.1. The quantitative estimate of drug-likeness (QED) is 0.678. The van der Waals surface area contributed by atoms with Crippen LogP contribution in [-0.2, 0) is 12.7 Å². The van der Waals surface area contributed by atoms with Gasteiger partial charge in [0.15, 0.2) is 0 Å². The van der Waals surface area contributed by atoms with Gasteiger partial charge in [0, 0.05) is 6.54 Å². The molecular formula is C18H12F3N3O.